The fourth-order valence-corrected chi connectivity index (χ4v) is 1.37. The zero-order chi connectivity index (χ0) is 14.1. The van der Waals surface area contributed by atoms with Gasteiger partial charge < -0.3 is 20.5 Å². The third-order valence-electron chi connectivity index (χ3n) is 2.26. The van der Waals surface area contributed by atoms with Gasteiger partial charge in [0.25, 0.3) is 11.8 Å². The highest BCUT2D eigenvalue weighted by Gasteiger charge is 2.05. The number of carbonyl (C=O) groups is 2. The molecule has 0 spiro atoms. The van der Waals surface area contributed by atoms with Crippen LogP contribution in [0, 0.1) is 0 Å². The van der Waals surface area contributed by atoms with E-state index in [9.17, 15) is 9.59 Å². The molecule has 0 saturated heterocycles. The number of aliphatic hydroxyl groups is 1. The maximum Gasteiger partial charge on any atom is 0.257 e. The van der Waals surface area contributed by atoms with Crippen LogP contribution in [0.25, 0.3) is 0 Å². The van der Waals surface area contributed by atoms with Crippen LogP contribution in [-0.2, 0) is 4.79 Å². The van der Waals surface area contributed by atoms with Crippen LogP contribution in [-0.4, -0.2) is 43.2 Å². The van der Waals surface area contributed by atoms with Gasteiger partial charge in [0, 0.05) is 18.7 Å². The van der Waals surface area contributed by atoms with Gasteiger partial charge in [0.05, 0.1) is 6.61 Å². The molecule has 104 valence electrons. The second-order valence-corrected chi connectivity index (χ2v) is 3.75. The van der Waals surface area contributed by atoms with Crippen LogP contribution in [0.4, 0.5) is 0 Å². The van der Waals surface area contributed by atoms with E-state index in [-0.39, 0.29) is 31.6 Å². The van der Waals surface area contributed by atoms with Crippen molar-refractivity contribution >= 4 is 11.8 Å². The summed E-state index contributed by atoms with van der Waals surface area (Å²) in [5, 5.41) is 13.8. The summed E-state index contributed by atoms with van der Waals surface area (Å²) in [6.45, 7) is 2.46. The average molecular weight is 266 g/mol. The Morgan fingerprint density at radius 2 is 1.89 bits per heavy atom. The first-order valence-electron chi connectivity index (χ1n) is 6.06. The molecule has 0 heterocycles. The number of aliphatic hydroxyl groups excluding tert-OH is 1. The molecule has 0 aliphatic heterocycles. The van der Waals surface area contributed by atoms with Crippen molar-refractivity contribution in [2.24, 2.45) is 0 Å². The van der Waals surface area contributed by atoms with Crippen molar-refractivity contribution in [3.63, 3.8) is 0 Å². The molecule has 0 saturated carbocycles. The van der Waals surface area contributed by atoms with E-state index < -0.39 is 0 Å². The Kier molecular flexibility index (Phi) is 6.38. The van der Waals surface area contributed by atoms with E-state index in [0.29, 0.717) is 17.9 Å². The Morgan fingerprint density at radius 1 is 1.21 bits per heavy atom. The molecule has 0 radical (unpaired) electrons. The lowest BCUT2D eigenvalue weighted by Gasteiger charge is -2.07. The Hall–Kier alpha value is -2.08. The molecule has 2 amide bonds. The largest absolute Gasteiger partial charge is 0.484 e. The van der Waals surface area contributed by atoms with Crippen LogP contribution in [0.1, 0.15) is 17.3 Å². The number of carbonyl (C=O) groups excluding carboxylic acids is 2. The summed E-state index contributed by atoms with van der Waals surface area (Å²) >= 11 is 0. The van der Waals surface area contributed by atoms with Crippen LogP contribution in [0.2, 0.25) is 0 Å². The molecule has 0 fully saturated rings. The van der Waals surface area contributed by atoms with Gasteiger partial charge in [0.2, 0.25) is 0 Å². The summed E-state index contributed by atoms with van der Waals surface area (Å²) in [6, 6.07) is 6.43. The molecule has 19 heavy (non-hydrogen) atoms. The molecule has 1 aromatic carbocycles. The minimum atomic E-state index is -0.260. The predicted molar refractivity (Wildman–Crippen MR) is 70.0 cm³/mol. The minimum absolute atomic E-state index is 0.0517. The van der Waals surface area contributed by atoms with Gasteiger partial charge in [-0.05, 0) is 31.2 Å². The number of hydrogen-bond donors (Lipinski definition) is 3. The molecule has 0 aliphatic carbocycles. The van der Waals surface area contributed by atoms with Crippen molar-refractivity contribution < 1.29 is 19.4 Å². The molecule has 3 N–H and O–H groups in total. The van der Waals surface area contributed by atoms with Gasteiger partial charge in [-0.2, -0.15) is 0 Å². The Morgan fingerprint density at radius 3 is 2.47 bits per heavy atom. The van der Waals surface area contributed by atoms with E-state index in [1.165, 1.54) is 0 Å². The molecular weight excluding hydrogens is 248 g/mol. The van der Waals surface area contributed by atoms with Gasteiger partial charge in [0.15, 0.2) is 6.61 Å². The third kappa shape index (κ3) is 5.39. The van der Waals surface area contributed by atoms with Crippen molar-refractivity contribution in [1.82, 2.24) is 10.6 Å². The van der Waals surface area contributed by atoms with Crippen molar-refractivity contribution in [3.05, 3.63) is 29.8 Å². The number of amides is 2. The van der Waals surface area contributed by atoms with E-state index in [1.807, 2.05) is 6.92 Å². The van der Waals surface area contributed by atoms with Crippen LogP contribution in [0.15, 0.2) is 24.3 Å². The number of benzene rings is 1. The monoisotopic (exact) mass is 266 g/mol. The molecule has 1 aromatic rings. The average Bonchev–Trinajstić information content (AvgIpc) is 2.43. The number of rotatable bonds is 7. The number of hydrogen-bond acceptors (Lipinski definition) is 4. The first kappa shape index (κ1) is 15.0. The first-order valence-corrected chi connectivity index (χ1v) is 6.06. The van der Waals surface area contributed by atoms with Gasteiger partial charge in [-0.25, -0.2) is 0 Å². The van der Waals surface area contributed by atoms with Crippen LogP contribution >= 0.6 is 0 Å². The quantitative estimate of drug-likeness (QED) is 0.644. The fraction of sp³-hybridized carbons (Fsp3) is 0.385. The van der Waals surface area contributed by atoms with Crippen molar-refractivity contribution in [2.45, 2.75) is 6.92 Å². The van der Waals surface area contributed by atoms with Crippen LogP contribution in [0.5, 0.6) is 5.75 Å². The van der Waals surface area contributed by atoms with E-state index in [2.05, 4.69) is 10.6 Å². The van der Waals surface area contributed by atoms with Gasteiger partial charge in [-0.1, -0.05) is 0 Å². The second-order valence-electron chi connectivity index (χ2n) is 3.75. The Balaban J connectivity index is 2.47. The highest BCUT2D eigenvalue weighted by atomic mass is 16.5. The van der Waals surface area contributed by atoms with Crippen LogP contribution < -0.4 is 15.4 Å². The van der Waals surface area contributed by atoms with E-state index >= 15 is 0 Å². The summed E-state index contributed by atoms with van der Waals surface area (Å²) in [4.78, 5) is 22.7. The number of likely N-dealkylation sites (N-methyl/N-ethyl adjacent to an activating group) is 1. The SMILES string of the molecule is CCNC(=O)COc1ccc(C(=O)NCCO)cc1. The molecule has 0 unspecified atom stereocenters. The van der Waals surface area contributed by atoms with Crippen LogP contribution in [0.3, 0.4) is 0 Å². The summed E-state index contributed by atoms with van der Waals surface area (Å²) < 4.78 is 5.25. The summed E-state index contributed by atoms with van der Waals surface area (Å²) in [5.74, 6) is 0.0709. The third-order valence-corrected chi connectivity index (χ3v) is 2.26. The van der Waals surface area contributed by atoms with Crippen molar-refractivity contribution in [1.29, 1.82) is 0 Å². The van der Waals surface area contributed by atoms with E-state index in [1.54, 1.807) is 24.3 Å². The van der Waals surface area contributed by atoms with E-state index in [4.69, 9.17) is 9.84 Å². The molecule has 6 nitrogen and oxygen atoms in total. The molecule has 0 aromatic heterocycles. The zero-order valence-electron chi connectivity index (χ0n) is 10.8. The summed E-state index contributed by atoms with van der Waals surface area (Å²) in [6.07, 6.45) is 0. The molecule has 1 rings (SSSR count). The minimum Gasteiger partial charge on any atom is -0.484 e. The number of ether oxygens (including phenoxy) is 1. The summed E-state index contributed by atoms with van der Waals surface area (Å²) in [7, 11) is 0. The first-order chi connectivity index (χ1) is 9.17. The summed E-state index contributed by atoms with van der Waals surface area (Å²) in [5.41, 5.74) is 0.471. The highest BCUT2D eigenvalue weighted by molar-refractivity contribution is 5.94. The topological polar surface area (TPSA) is 87.7 Å². The van der Waals surface area contributed by atoms with Crippen molar-refractivity contribution in [2.75, 3.05) is 26.3 Å². The Labute approximate surface area is 111 Å². The normalized spacial score (nSPS) is 9.79. The zero-order valence-corrected chi connectivity index (χ0v) is 10.8. The fourth-order valence-electron chi connectivity index (χ4n) is 1.37. The molecule has 0 aliphatic rings. The van der Waals surface area contributed by atoms with Gasteiger partial charge in [-0.15, -0.1) is 0 Å². The van der Waals surface area contributed by atoms with Gasteiger partial charge in [0.1, 0.15) is 5.75 Å². The second kappa shape index (κ2) is 8.10. The van der Waals surface area contributed by atoms with E-state index in [0.717, 1.165) is 0 Å². The van der Waals surface area contributed by atoms with Gasteiger partial charge >= 0.3 is 0 Å². The highest BCUT2D eigenvalue weighted by Crippen LogP contribution is 2.11. The Bertz CT molecular complexity index is 417. The lowest BCUT2D eigenvalue weighted by Crippen LogP contribution is -2.28. The molecular formula is C13H18N2O4. The lowest BCUT2D eigenvalue weighted by molar-refractivity contribution is -0.122. The number of nitrogens with one attached hydrogen (secondary N) is 2. The maximum atomic E-state index is 11.5. The smallest absolute Gasteiger partial charge is 0.257 e. The maximum absolute atomic E-state index is 11.5. The van der Waals surface area contributed by atoms with Gasteiger partial charge in [-0.3, -0.25) is 9.59 Å². The lowest BCUT2D eigenvalue weighted by atomic mass is 10.2. The molecule has 6 heteroatoms. The molecule has 0 bridgehead atoms. The molecule has 0 atom stereocenters. The van der Waals surface area contributed by atoms with Crippen molar-refractivity contribution in [3.8, 4) is 5.75 Å². The predicted octanol–water partition coefficient (Wildman–Crippen LogP) is -0.0764. The standard InChI is InChI=1S/C13H18N2O4/c1-2-14-12(17)9-19-11-5-3-10(4-6-11)13(18)15-7-8-16/h3-6,16H,2,7-9H2,1H3,(H,14,17)(H,15,18).